The second-order valence-corrected chi connectivity index (χ2v) is 4.75. The summed E-state index contributed by atoms with van der Waals surface area (Å²) in [4.78, 5) is 33.9. The van der Waals surface area contributed by atoms with Crippen molar-refractivity contribution in [1.29, 1.82) is 0 Å². The summed E-state index contributed by atoms with van der Waals surface area (Å²) in [5.74, 6) is -0.553. The molecule has 0 aliphatic rings. The molecule has 0 saturated heterocycles. The number of nitro groups is 1. The van der Waals surface area contributed by atoms with Crippen molar-refractivity contribution in [2.24, 2.45) is 0 Å². The summed E-state index contributed by atoms with van der Waals surface area (Å²) >= 11 is 0. The number of esters is 1. The predicted octanol–water partition coefficient (Wildman–Crippen LogP) is 1.94. The number of nitrogens with zero attached hydrogens (tertiary/aromatic N) is 3. The van der Waals surface area contributed by atoms with Gasteiger partial charge in [-0.05, 0) is 24.6 Å². The van der Waals surface area contributed by atoms with Crippen LogP contribution in [0.2, 0.25) is 0 Å². The Morgan fingerprint density at radius 3 is 2.48 bits per heavy atom. The number of nitro benzene ring substituents is 1. The highest BCUT2D eigenvalue weighted by molar-refractivity contribution is 5.74. The first kappa shape index (κ1) is 16.3. The van der Waals surface area contributed by atoms with E-state index in [0.717, 1.165) is 4.68 Å². The molecular formula is C15H15N3O5. The number of non-ortho nitro benzene ring substituents is 1. The maximum absolute atomic E-state index is 12.0. The first-order chi connectivity index (χ1) is 11.0. The van der Waals surface area contributed by atoms with Crippen LogP contribution in [0.5, 0.6) is 0 Å². The topological polar surface area (TPSA) is 104 Å². The molecule has 1 aromatic carbocycles. The van der Waals surface area contributed by atoms with Crippen LogP contribution in [0, 0.1) is 10.1 Å². The number of ether oxygens (including phenoxy) is 1. The van der Waals surface area contributed by atoms with Crippen molar-refractivity contribution in [3.05, 3.63) is 56.9 Å². The molecular weight excluding hydrogens is 302 g/mol. The van der Waals surface area contributed by atoms with Crippen molar-refractivity contribution in [3.63, 3.8) is 0 Å². The highest BCUT2D eigenvalue weighted by Gasteiger charge is 2.21. The molecule has 1 atom stereocenters. The van der Waals surface area contributed by atoms with Crippen LogP contribution < -0.4 is 5.56 Å². The van der Waals surface area contributed by atoms with Gasteiger partial charge >= 0.3 is 5.97 Å². The monoisotopic (exact) mass is 317 g/mol. The first-order valence-corrected chi connectivity index (χ1v) is 6.90. The van der Waals surface area contributed by atoms with E-state index in [0.29, 0.717) is 17.7 Å². The van der Waals surface area contributed by atoms with Crippen molar-refractivity contribution < 1.29 is 14.5 Å². The zero-order valence-corrected chi connectivity index (χ0v) is 12.6. The summed E-state index contributed by atoms with van der Waals surface area (Å²) in [5, 5.41) is 14.9. The van der Waals surface area contributed by atoms with Crippen LogP contribution in [-0.2, 0) is 9.53 Å². The summed E-state index contributed by atoms with van der Waals surface area (Å²) in [7, 11) is 1.25. The lowest BCUT2D eigenvalue weighted by molar-refractivity contribution is -0.384. The van der Waals surface area contributed by atoms with E-state index < -0.39 is 22.5 Å². The Balaban J connectivity index is 2.45. The Morgan fingerprint density at radius 1 is 1.30 bits per heavy atom. The minimum absolute atomic E-state index is 0.0388. The number of carbonyl (C=O) groups excluding carboxylic acids is 1. The molecule has 0 aliphatic carbocycles. The largest absolute Gasteiger partial charge is 0.467 e. The first-order valence-electron chi connectivity index (χ1n) is 6.90. The summed E-state index contributed by atoms with van der Waals surface area (Å²) in [6, 6.07) is 7.77. The van der Waals surface area contributed by atoms with E-state index in [9.17, 15) is 19.7 Å². The van der Waals surface area contributed by atoms with Crippen molar-refractivity contribution in [2.75, 3.05) is 7.11 Å². The number of rotatable bonds is 5. The van der Waals surface area contributed by atoms with Gasteiger partial charge in [-0.2, -0.15) is 5.10 Å². The molecule has 2 rings (SSSR count). The van der Waals surface area contributed by atoms with Gasteiger partial charge in [0.2, 0.25) is 0 Å². The Bertz CT molecular complexity index is 782. The van der Waals surface area contributed by atoms with Gasteiger partial charge in [-0.25, -0.2) is 9.48 Å². The van der Waals surface area contributed by atoms with Gasteiger partial charge in [-0.3, -0.25) is 14.9 Å². The van der Waals surface area contributed by atoms with Crippen LogP contribution in [0.1, 0.15) is 19.4 Å². The average Bonchev–Trinajstić information content (AvgIpc) is 2.57. The van der Waals surface area contributed by atoms with Crippen LogP contribution >= 0.6 is 0 Å². The fraction of sp³-hybridized carbons (Fsp3) is 0.267. The Hall–Kier alpha value is -3.03. The van der Waals surface area contributed by atoms with Crippen molar-refractivity contribution in [1.82, 2.24) is 9.78 Å². The quantitative estimate of drug-likeness (QED) is 0.474. The second kappa shape index (κ2) is 6.82. The molecule has 0 radical (unpaired) electrons. The zero-order valence-electron chi connectivity index (χ0n) is 12.6. The number of carbonyl (C=O) groups is 1. The molecule has 0 bridgehead atoms. The van der Waals surface area contributed by atoms with Gasteiger partial charge in [-0.15, -0.1) is 0 Å². The minimum Gasteiger partial charge on any atom is -0.467 e. The molecule has 1 aromatic heterocycles. The lowest BCUT2D eigenvalue weighted by Gasteiger charge is -2.15. The molecule has 0 fully saturated rings. The number of hydrogen-bond acceptors (Lipinski definition) is 6. The lowest BCUT2D eigenvalue weighted by atomic mass is 10.1. The SMILES string of the molecule is CC[C@@H](C(=O)OC)n1nc(-c2ccc([N+](=O)[O-])cc2)ccc1=O. The molecule has 0 unspecified atom stereocenters. The molecule has 1 heterocycles. The lowest BCUT2D eigenvalue weighted by Crippen LogP contribution is -2.32. The minimum atomic E-state index is -0.814. The normalized spacial score (nSPS) is 11.7. The van der Waals surface area contributed by atoms with E-state index in [2.05, 4.69) is 9.84 Å². The number of aromatic nitrogens is 2. The van der Waals surface area contributed by atoms with E-state index in [1.807, 2.05) is 0 Å². The summed E-state index contributed by atoms with van der Waals surface area (Å²) in [5.41, 5.74) is 0.571. The summed E-state index contributed by atoms with van der Waals surface area (Å²) < 4.78 is 5.76. The third-order valence-corrected chi connectivity index (χ3v) is 3.35. The van der Waals surface area contributed by atoms with Crippen LogP contribution in [-0.4, -0.2) is 27.8 Å². The van der Waals surface area contributed by atoms with E-state index in [1.165, 1.54) is 43.5 Å². The van der Waals surface area contributed by atoms with Gasteiger partial charge in [0, 0.05) is 23.8 Å². The van der Waals surface area contributed by atoms with E-state index in [-0.39, 0.29) is 5.69 Å². The highest BCUT2D eigenvalue weighted by atomic mass is 16.6. The highest BCUT2D eigenvalue weighted by Crippen LogP contribution is 2.20. The molecule has 23 heavy (non-hydrogen) atoms. The zero-order chi connectivity index (χ0) is 17.0. The van der Waals surface area contributed by atoms with Gasteiger partial charge < -0.3 is 4.74 Å². The Labute approximate surface area is 131 Å². The molecule has 0 saturated carbocycles. The molecule has 8 nitrogen and oxygen atoms in total. The predicted molar refractivity (Wildman–Crippen MR) is 81.9 cm³/mol. The fourth-order valence-electron chi connectivity index (χ4n) is 2.13. The van der Waals surface area contributed by atoms with E-state index in [1.54, 1.807) is 6.92 Å². The average molecular weight is 317 g/mol. The number of methoxy groups -OCH3 is 1. The van der Waals surface area contributed by atoms with Crippen molar-refractivity contribution in [2.45, 2.75) is 19.4 Å². The van der Waals surface area contributed by atoms with Gasteiger partial charge in [0.05, 0.1) is 17.7 Å². The molecule has 0 aliphatic heterocycles. The molecule has 2 aromatic rings. The van der Waals surface area contributed by atoms with Gasteiger partial charge in [0.1, 0.15) is 0 Å². The summed E-state index contributed by atoms with van der Waals surface area (Å²) in [6.45, 7) is 1.74. The van der Waals surface area contributed by atoms with Gasteiger partial charge in [0.25, 0.3) is 11.2 Å². The standard InChI is InChI=1S/C15H15N3O5/c1-3-13(15(20)23-2)17-14(19)9-8-12(16-17)10-4-6-11(7-5-10)18(21)22/h4-9,13H,3H2,1-2H3/t13-/m0/s1. The maximum Gasteiger partial charge on any atom is 0.330 e. The number of benzene rings is 1. The van der Waals surface area contributed by atoms with Crippen LogP contribution in [0.15, 0.2) is 41.2 Å². The maximum atomic E-state index is 12.0. The van der Waals surface area contributed by atoms with Gasteiger partial charge in [0.15, 0.2) is 6.04 Å². The van der Waals surface area contributed by atoms with Crippen molar-refractivity contribution >= 4 is 11.7 Å². The van der Waals surface area contributed by atoms with E-state index >= 15 is 0 Å². The molecule has 0 spiro atoms. The molecule has 0 N–H and O–H groups in total. The van der Waals surface area contributed by atoms with Crippen LogP contribution in [0.25, 0.3) is 11.3 Å². The third kappa shape index (κ3) is 3.42. The van der Waals surface area contributed by atoms with Crippen LogP contribution in [0.4, 0.5) is 5.69 Å². The summed E-state index contributed by atoms with van der Waals surface area (Å²) in [6.07, 6.45) is 0.350. The number of hydrogen-bond donors (Lipinski definition) is 0. The smallest absolute Gasteiger partial charge is 0.330 e. The Kier molecular flexibility index (Phi) is 4.85. The van der Waals surface area contributed by atoms with Crippen molar-refractivity contribution in [3.8, 4) is 11.3 Å². The molecule has 8 heteroatoms. The van der Waals surface area contributed by atoms with Gasteiger partial charge in [-0.1, -0.05) is 6.92 Å². The second-order valence-electron chi connectivity index (χ2n) is 4.75. The van der Waals surface area contributed by atoms with Crippen LogP contribution in [0.3, 0.4) is 0 Å². The fourth-order valence-corrected chi connectivity index (χ4v) is 2.13. The third-order valence-electron chi connectivity index (χ3n) is 3.35. The van der Waals surface area contributed by atoms with E-state index in [4.69, 9.17) is 0 Å². The molecule has 0 amide bonds. The Morgan fingerprint density at radius 2 is 1.96 bits per heavy atom. The molecule has 120 valence electrons.